The topological polar surface area (TPSA) is 86.4 Å². The van der Waals surface area contributed by atoms with Gasteiger partial charge in [-0.3, -0.25) is 0 Å². The molecule has 1 atom stereocenters. The number of anilines is 2. The van der Waals surface area contributed by atoms with Crippen LogP contribution in [0, 0.1) is 0 Å². The van der Waals surface area contributed by atoms with Gasteiger partial charge in [-0.15, -0.1) is 0 Å². The lowest BCUT2D eigenvalue weighted by molar-refractivity contribution is 0.0437. The predicted molar refractivity (Wildman–Crippen MR) is 72.3 cm³/mol. The van der Waals surface area contributed by atoms with Crippen molar-refractivity contribution in [1.82, 2.24) is 15.0 Å². The molecule has 2 heterocycles. The molecule has 0 saturated carbocycles. The van der Waals surface area contributed by atoms with Crippen LogP contribution in [0.3, 0.4) is 0 Å². The first-order valence-electron chi connectivity index (χ1n) is 6.65. The van der Waals surface area contributed by atoms with Gasteiger partial charge in [-0.25, -0.2) is 0 Å². The zero-order valence-corrected chi connectivity index (χ0v) is 11.5. The molecule has 2 rings (SSSR count). The second-order valence-corrected chi connectivity index (χ2v) is 4.56. The molecule has 0 aromatic carbocycles. The van der Waals surface area contributed by atoms with Crippen LogP contribution in [0.2, 0.25) is 0 Å². The minimum Gasteiger partial charge on any atom is -0.467 e. The second kappa shape index (κ2) is 6.51. The molecular formula is C12H21N5O2. The Labute approximate surface area is 113 Å². The number of ether oxygens (including phenoxy) is 2. The maximum atomic E-state index is 5.80. The number of methoxy groups -OCH3 is 1. The lowest BCUT2D eigenvalue weighted by Gasteiger charge is -2.32. The van der Waals surface area contributed by atoms with Crippen molar-refractivity contribution in [3.8, 4) is 6.01 Å². The van der Waals surface area contributed by atoms with Gasteiger partial charge in [0.15, 0.2) is 0 Å². The maximum absolute atomic E-state index is 5.80. The van der Waals surface area contributed by atoms with Crippen molar-refractivity contribution >= 4 is 11.9 Å². The first-order valence-corrected chi connectivity index (χ1v) is 6.65. The first kappa shape index (κ1) is 13.8. The Morgan fingerprint density at radius 2 is 2.21 bits per heavy atom. The Balaban J connectivity index is 2.06. The smallest absolute Gasteiger partial charge is 0.322 e. The van der Waals surface area contributed by atoms with Crippen molar-refractivity contribution in [3.63, 3.8) is 0 Å². The Morgan fingerprint density at radius 3 is 2.95 bits per heavy atom. The molecule has 1 fully saturated rings. The zero-order chi connectivity index (χ0) is 13.7. The van der Waals surface area contributed by atoms with Gasteiger partial charge in [-0.2, -0.15) is 15.0 Å². The van der Waals surface area contributed by atoms with E-state index in [2.05, 4.69) is 26.8 Å². The molecule has 1 aromatic rings. The van der Waals surface area contributed by atoms with E-state index in [0.717, 1.165) is 39.0 Å². The van der Waals surface area contributed by atoms with Crippen LogP contribution < -0.4 is 15.4 Å². The minimum atomic E-state index is 0.179. The summed E-state index contributed by atoms with van der Waals surface area (Å²) in [4.78, 5) is 14.4. The highest BCUT2D eigenvalue weighted by Crippen LogP contribution is 2.20. The maximum Gasteiger partial charge on any atom is 0.322 e. The van der Waals surface area contributed by atoms with Crippen molar-refractivity contribution in [3.05, 3.63) is 0 Å². The van der Waals surface area contributed by atoms with Gasteiger partial charge in [0.2, 0.25) is 11.9 Å². The molecule has 0 spiro atoms. The molecule has 1 aliphatic heterocycles. The zero-order valence-electron chi connectivity index (χ0n) is 11.5. The van der Waals surface area contributed by atoms with Gasteiger partial charge in [-0.1, -0.05) is 6.92 Å². The summed E-state index contributed by atoms with van der Waals surface area (Å²) in [5, 5.41) is 0. The third-order valence-corrected chi connectivity index (χ3v) is 3.02. The highest BCUT2D eigenvalue weighted by Gasteiger charge is 2.23. The number of piperidine rings is 1. The number of aromatic nitrogens is 3. The van der Waals surface area contributed by atoms with Crippen molar-refractivity contribution in [1.29, 1.82) is 0 Å². The Morgan fingerprint density at radius 1 is 1.37 bits per heavy atom. The number of hydrogen-bond donors (Lipinski definition) is 1. The van der Waals surface area contributed by atoms with Crippen molar-refractivity contribution in [2.45, 2.75) is 32.3 Å². The molecule has 0 aliphatic carbocycles. The average molecular weight is 267 g/mol. The monoisotopic (exact) mass is 267 g/mol. The quantitative estimate of drug-likeness (QED) is 0.846. The summed E-state index contributed by atoms with van der Waals surface area (Å²) < 4.78 is 10.8. The SMILES string of the molecule is CCCOC1CCCN(c2nc(N)nc(OC)n2)C1. The fourth-order valence-corrected chi connectivity index (χ4v) is 2.13. The largest absolute Gasteiger partial charge is 0.467 e. The lowest BCUT2D eigenvalue weighted by Crippen LogP contribution is -2.40. The summed E-state index contributed by atoms with van der Waals surface area (Å²) in [6, 6.07) is 0.249. The summed E-state index contributed by atoms with van der Waals surface area (Å²) >= 11 is 0. The molecule has 1 unspecified atom stereocenters. The standard InChI is InChI=1S/C12H21N5O2/c1-3-7-19-9-5-4-6-17(8-9)11-14-10(13)15-12(16-11)18-2/h9H,3-8H2,1-2H3,(H2,13,14,15,16). The summed E-state index contributed by atoms with van der Waals surface area (Å²) in [6.45, 7) is 4.59. The fraction of sp³-hybridized carbons (Fsp3) is 0.750. The van der Waals surface area contributed by atoms with Gasteiger partial charge in [0.05, 0.1) is 13.2 Å². The summed E-state index contributed by atoms with van der Waals surface area (Å²) in [6.07, 6.45) is 3.40. The van der Waals surface area contributed by atoms with Gasteiger partial charge < -0.3 is 20.1 Å². The van der Waals surface area contributed by atoms with E-state index in [1.807, 2.05) is 0 Å². The van der Waals surface area contributed by atoms with E-state index in [1.54, 1.807) is 0 Å². The highest BCUT2D eigenvalue weighted by molar-refractivity contribution is 5.36. The number of hydrogen-bond acceptors (Lipinski definition) is 7. The first-order chi connectivity index (χ1) is 9.22. The molecule has 7 nitrogen and oxygen atoms in total. The van der Waals surface area contributed by atoms with Crippen LogP contribution in [0.15, 0.2) is 0 Å². The third kappa shape index (κ3) is 3.66. The highest BCUT2D eigenvalue weighted by atomic mass is 16.5. The molecule has 0 amide bonds. The summed E-state index contributed by atoms with van der Waals surface area (Å²) in [7, 11) is 1.52. The van der Waals surface area contributed by atoms with Crippen molar-refractivity contribution in [2.75, 3.05) is 37.4 Å². The molecular weight excluding hydrogens is 246 g/mol. The Bertz CT molecular complexity index is 415. The van der Waals surface area contributed by atoms with E-state index in [-0.39, 0.29) is 18.1 Å². The normalized spacial score (nSPS) is 19.5. The fourth-order valence-electron chi connectivity index (χ4n) is 2.13. The second-order valence-electron chi connectivity index (χ2n) is 4.56. The molecule has 0 radical (unpaired) electrons. The molecule has 0 bridgehead atoms. The number of nitrogens with zero attached hydrogens (tertiary/aromatic N) is 4. The van der Waals surface area contributed by atoms with E-state index in [0.29, 0.717) is 5.95 Å². The molecule has 1 saturated heterocycles. The molecule has 2 N–H and O–H groups in total. The van der Waals surface area contributed by atoms with E-state index in [4.69, 9.17) is 15.2 Å². The summed E-state index contributed by atoms with van der Waals surface area (Å²) in [5.74, 6) is 0.743. The van der Waals surface area contributed by atoms with Crippen LogP contribution in [0.4, 0.5) is 11.9 Å². The van der Waals surface area contributed by atoms with Crippen LogP contribution in [-0.4, -0.2) is 47.9 Å². The number of rotatable bonds is 5. The van der Waals surface area contributed by atoms with E-state index >= 15 is 0 Å². The number of nitrogen functional groups attached to an aromatic ring is 1. The van der Waals surface area contributed by atoms with Gasteiger partial charge in [0, 0.05) is 19.7 Å². The van der Waals surface area contributed by atoms with Crippen LogP contribution in [-0.2, 0) is 4.74 Å². The van der Waals surface area contributed by atoms with E-state index in [9.17, 15) is 0 Å². The minimum absolute atomic E-state index is 0.179. The average Bonchev–Trinajstić information content (AvgIpc) is 2.44. The Kier molecular flexibility index (Phi) is 4.73. The summed E-state index contributed by atoms with van der Waals surface area (Å²) in [5.41, 5.74) is 5.66. The number of nitrogens with two attached hydrogens (primary N) is 1. The predicted octanol–water partition coefficient (Wildman–Crippen LogP) is 0.858. The van der Waals surface area contributed by atoms with Crippen LogP contribution >= 0.6 is 0 Å². The molecule has 106 valence electrons. The third-order valence-electron chi connectivity index (χ3n) is 3.02. The molecule has 19 heavy (non-hydrogen) atoms. The Hall–Kier alpha value is -1.63. The van der Waals surface area contributed by atoms with Gasteiger partial charge in [-0.05, 0) is 19.3 Å². The van der Waals surface area contributed by atoms with E-state index < -0.39 is 0 Å². The van der Waals surface area contributed by atoms with Crippen LogP contribution in [0.5, 0.6) is 6.01 Å². The molecule has 1 aliphatic rings. The van der Waals surface area contributed by atoms with Crippen molar-refractivity contribution < 1.29 is 9.47 Å². The van der Waals surface area contributed by atoms with Crippen molar-refractivity contribution in [2.24, 2.45) is 0 Å². The lowest BCUT2D eigenvalue weighted by atomic mass is 10.1. The van der Waals surface area contributed by atoms with Crippen LogP contribution in [0.1, 0.15) is 26.2 Å². The van der Waals surface area contributed by atoms with Crippen LogP contribution in [0.25, 0.3) is 0 Å². The molecule has 7 heteroatoms. The van der Waals surface area contributed by atoms with E-state index in [1.165, 1.54) is 7.11 Å². The van der Waals surface area contributed by atoms with Gasteiger partial charge in [0.25, 0.3) is 0 Å². The molecule has 1 aromatic heterocycles. The van der Waals surface area contributed by atoms with Gasteiger partial charge >= 0.3 is 6.01 Å². The van der Waals surface area contributed by atoms with Gasteiger partial charge in [0.1, 0.15) is 0 Å².